The molecule has 30 heavy (non-hydrogen) atoms. The molecule has 0 aromatic heterocycles. The quantitative estimate of drug-likeness (QED) is 0.600. The summed E-state index contributed by atoms with van der Waals surface area (Å²) in [5.41, 5.74) is 1.08. The van der Waals surface area contributed by atoms with Gasteiger partial charge in [-0.2, -0.15) is 0 Å². The van der Waals surface area contributed by atoms with Gasteiger partial charge in [0.05, 0.1) is 6.04 Å². The minimum absolute atomic E-state index is 0.135. The van der Waals surface area contributed by atoms with Crippen LogP contribution in [0, 0.1) is 0 Å². The Morgan fingerprint density at radius 2 is 1.70 bits per heavy atom. The van der Waals surface area contributed by atoms with Crippen molar-refractivity contribution in [2.45, 2.75) is 95.3 Å². The molecule has 1 atom stereocenters. The number of thioether (sulfide) groups is 1. The highest BCUT2D eigenvalue weighted by atomic mass is 35.5. The van der Waals surface area contributed by atoms with E-state index in [1.54, 1.807) is 0 Å². The average molecular weight is 448 g/mol. The Kier molecular flexibility index (Phi) is 8.00. The third-order valence-corrected chi connectivity index (χ3v) is 8.06. The summed E-state index contributed by atoms with van der Waals surface area (Å²) in [4.78, 5) is 20.5. The van der Waals surface area contributed by atoms with Crippen LogP contribution >= 0.6 is 23.4 Å². The van der Waals surface area contributed by atoms with Crippen LogP contribution in [0.5, 0.6) is 0 Å². The predicted molar refractivity (Wildman–Crippen MR) is 127 cm³/mol. The molecule has 0 bridgehead atoms. The van der Waals surface area contributed by atoms with Crippen LogP contribution in [0.15, 0.2) is 29.3 Å². The second kappa shape index (κ2) is 10.9. The highest BCUT2D eigenvalue weighted by Crippen LogP contribution is 2.35. The van der Waals surface area contributed by atoms with Crippen molar-refractivity contribution >= 4 is 34.4 Å². The molecule has 4 nitrogen and oxygen atoms in total. The maximum Gasteiger partial charge on any atom is 0.222 e. The lowest BCUT2D eigenvalue weighted by molar-refractivity contribution is -0.122. The minimum atomic E-state index is 0.135. The van der Waals surface area contributed by atoms with E-state index in [2.05, 4.69) is 10.2 Å². The standard InChI is InChI=1S/C24H34ClN3OS/c25-19-13-11-18(12-14-19)16-26-23(29)15-22-17-30-24(27-20-7-3-1-4-8-20)28(22)21-9-5-2-6-10-21/h11-14,20-22H,1-10,15-17H2,(H,26,29). The molecule has 4 rings (SSSR count). The Balaban J connectivity index is 1.39. The van der Waals surface area contributed by atoms with Crippen molar-refractivity contribution in [1.82, 2.24) is 10.2 Å². The highest BCUT2D eigenvalue weighted by Gasteiger charge is 2.37. The van der Waals surface area contributed by atoms with Crippen LogP contribution in [0.3, 0.4) is 0 Å². The first kappa shape index (κ1) is 22.0. The van der Waals surface area contributed by atoms with E-state index in [1.165, 1.54) is 69.4 Å². The Bertz CT molecular complexity index is 726. The van der Waals surface area contributed by atoms with Gasteiger partial charge < -0.3 is 10.2 Å². The molecular weight excluding hydrogens is 414 g/mol. The monoisotopic (exact) mass is 447 g/mol. The average Bonchev–Trinajstić information content (AvgIpc) is 3.16. The normalized spacial score (nSPS) is 25.0. The zero-order chi connectivity index (χ0) is 20.8. The minimum Gasteiger partial charge on any atom is -0.352 e. The first-order valence-electron chi connectivity index (χ1n) is 11.7. The molecule has 1 aromatic rings. The van der Waals surface area contributed by atoms with Crippen molar-refractivity contribution in [2.75, 3.05) is 5.75 Å². The van der Waals surface area contributed by atoms with Gasteiger partial charge in [-0.05, 0) is 43.4 Å². The first-order valence-corrected chi connectivity index (χ1v) is 13.1. The Hall–Kier alpha value is -1.20. The third-order valence-electron chi connectivity index (χ3n) is 6.68. The first-order chi connectivity index (χ1) is 14.7. The fourth-order valence-corrected chi connectivity index (χ4v) is 6.43. The topological polar surface area (TPSA) is 44.7 Å². The maximum atomic E-state index is 12.8. The van der Waals surface area contributed by atoms with Crippen LogP contribution in [-0.4, -0.2) is 39.9 Å². The number of nitrogens with zero attached hydrogens (tertiary/aromatic N) is 2. The van der Waals surface area contributed by atoms with Crippen LogP contribution in [0.1, 0.15) is 76.2 Å². The lowest BCUT2D eigenvalue weighted by Crippen LogP contribution is -2.45. The predicted octanol–water partition coefficient (Wildman–Crippen LogP) is 5.79. The van der Waals surface area contributed by atoms with E-state index in [0.29, 0.717) is 25.0 Å². The number of carbonyl (C=O) groups excluding carboxylic acids is 1. The number of halogens is 1. The summed E-state index contributed by atoms with van der Waals surface area (Å²) in [5.74, 6) is 1.12. The number of hydrogen-bond acceptors (Lipinski definition) is 3. The summed E-state index contributed by atoms with van der Waals surface area (Å²) in [6, 6.07) is 9.00. The van der Waals surface area contributed by atoms with E-state index in [1.807, 2.05) is 36.0 Å². The van der Waals surface area contributed by atoms with Gasteiger partial charge in [-0.25, -0.2) is 0 Å². The SMILES string of the molecule is O=C(CC1CSC(=NC2CCCCC2)N1C1CCCCC1)NCc1ccc(Cl)cc1. The summed E-state index contributed by atoms with van der Waals surface area (Å²) in [5, 5.41) is 5.06. The number of rotatable bonds is 6. The number of hydrogen-bond donors (Lipinski definition) is 1. The van der Waals surface area contributed by atoms with Crippen molar-refractivity contribution in [3.8, 4) is 0 Å². The molecule has 6 heteroatoms. The fourth-order valence-electron chi connectivity index (χ4n) is 5.01. The number of amides is 1. The van der Waals surface area contributed by atoms with Crippen molar-refractivity contribution in [3.05, 3.63) is 34.9 Å². The Morgan fingerprint density at radius 1 is 1.03 bits per heavy atom. The zero-order valence-electron chi connectivity index (χ0n) is 17.8. The van der Waals surface area contributed by atoms with Crippen molar-refractivity contribution in [3.63, 3.8) is 0 Å². The zero-order valence-corrected chi connectivity index (χ0v) is 19.4. The van der Waals surface area contributed by atoms with Gasteiger partial charge in [-0.3, -0.25) is 9.79 Å². The second-order valence-electron chi connectivity index (χ2n) is 8.97. The second-order valence-corrected chi connectivity index (χ2v) is 10.4. The van der Waals surface area contributed by atoms with E-state index in [4.69, 9.17) is 16.6 Å². The maximum absolute atomic E-state index is 12.8. The number of benzene rings is 1. The number of amidine groups is 1. The molecule has 164 valence electrons. The molecule has 0 radical (unpaired) electrons. The van der Waals surface area contributed by atoms with Crippen LogP contribution < -0.4 is 5.32 Å². The largest absolute Gasteiger partial charge is 0.352 e. The summed E-state index contributed by atoms with van der Waals surface area (Å²) < 4.78 is 0. The molecule has 0 spiro atoms. The van der Waals surface area contributed by atoms with Gasteiger partial charge in [0.25, 0.3) is 0 Å². The third kappa shape index (κ3) is 5.94. The number of aliphatic imine (C=N–C) groups is 1. The lowest BCUT2D eigenvalue weighted by atomic mass is 9.93. The van der Waals surface area contributed by atoms with Gasteiger partial charge in [-0.1, -0.05) is 74.0 Å². The summed E-state index contributed by atoms with van der Waals surface area (Å²) >= 11 is 7.84. The molecule has 1 N–H and O–H groups in total. The van der Waals surface area contributed by atoms with E-state index >= 15 is 0 Å². The van der Waals surface area contributed by atoms with E-state index in [0.717, 1.165) is 16.3 Å². The van der Waals surface area contributed by atoms with Crippen LogP contribution in [-0.2, 0) is 11.3 Å². The molecule has 1 amide bonds. The van der Waals surface area contributed by atoms with Crippen LogP contribution in [0.4, 0.5) is 0 Å². The summed E-state index contributed by atoms with van der Waals surface area (Å²) in [6.07, 6.45) is 13.4. The molecule has 3 fully saturated rings. The van der Waals surface area contributed by atoms with Crippen LogP contribution in [0.25, 0.3) is 0 Å². The van der Waals surface area contributed by atoms with Crippen molar-refractivity contribution < 1.29 is 4.79 Å². The molecule has 1 aliphatic heterocycles. The molecular formula is C24H34ClN3OS. The van der Waals surface area contributed by atoms with Crippen molar-refractivity contribution in [2.24, 2.45) is 4.99 Å². The van der Waals surface area contributed by atoms with Gasteiger partial charge in [0.2, 0.25) is 5.91 Å². The fraction of sp³-hybridized carbons (Fsp3) is 0.667. The van der Waals surface area contributed by atoms with E-state index in [9.17, 15) is 4.79 Å². The molecule has 1 heterocycles. The van der Waals surface area contributed by atoms with Gasteiger partial charge in [0.15, 0.2) is 5.17 Å². The number of carbonyl (C=O) groups is 1. The molecule has 2 aliphatic carbocycles. The molecule has 1 unspecified atom stereocenters. The number of nitrogens with one attached hydrogen (secondary N) is 1. The molecule has 1 saturated heterocycles. The summed E-state index contributed by atoms with van der Waals surface area (Å²) in [6.45, 7) is 0.558. The highest BCUT2D eigenvalue weighted by molar-refractivity contribution is 8.14. The molecule has 2 saturated carbocycles. The van der Waals surface area contributed by atoms with Gasteiger partial charge in [-0.15, -0.1) is 0 Å². The van der Waals surface area contributed by atoms with Gasteiger partial charge in [0.1, 0.15) is 0 Å². The smallest absolute Gasteiger partial charge is 0.222 e. The van der Waals surface area contributed by atoms with Gasteiger partial charge in [0, 0.05) is 35.8 Å². The Labute approximate surface area is 190 Å². The summed E-state index contributed by atoms with van der Waals surface area (Å²) in [7, 11) is 0. The van der Waals surface area contributed by atoms with Crippen molar-refractivity contribution in [1.29, 1.82) is 0 Å². The van der Waals surface area contributed by atoms with E-state index < -0.39 is 0 Å². The van der Waals surface area contributed by atoms with E-state index in [-0.39, 0.29) is 11.9 Å². The van der Waals surface area contributed by atoms with Gasteiger partial charge >= 0.3 is 0 Å². The lowest BCUT2D eigenvalue weighted by Gasteiger charge is -2.37. The molecule has 1 aromatic carbocycles. The molecule has 3 aliphatic rings. The van der Waals surface area contributed by atoms with Crippen LogP contribution in [0.2, 0.25) is 5.02 Å². The Morgan fingerprint density at radius 3 is 2.40 bits per heavy atom.